The predicted octanol–water partition coefficient (Wildman–Crippen LogP) is 2.97. The third-order valence-electron chi connectivity index (χ3n) is 4.13. The fraction of sp³-hybridized carbons (Fsp3) is 0.353. The summed E-state index contributed by atoms with van der Waals surface area (Å²) in [5.74, 6) is -0.135. The molecule has 0 atom stereocenters. The van der Waals surface area contributed by atoms with E-state index in [9.17, 15) is 22.8 Å². The zero-order valence-electron chi connectivity index (χ0n) is 12.7. The van der Waals surface area contributed by atoms with Crippen LogP contribution in [0.2, 0.25) is 0 Å². The molecule has 0 bridgehead atoms. The molecule has 0 amide bonds. The first-order valence-corrected chi connectivity index (χ1v) is 7.52. The van der Waals surface area contributed by atoms with Gasteiger partial charge in [-0.2, -0.15) is 13.2 Å². The first-order valence-electron chi connectivity index (χ1n) is 7.52. The van der Waals surface area contributed by atoms with Crippen LogP contribution in [0.1, 0.15) is 30.4 Å². The van der Waals surface area contributed by atoms with Gasteiger partial charge in [0.25, 0.3) is 0 Å². The average Bonchev–Trinajstić information content (AvgIpc) is 2.53. The van der Waals surface area contributed by atoms with E-state index in [1.807, 2.05) is 4.90 Å². The van der Waals surface area contributed by atoms with Crippen molar-refractivity contribution in [3.05, 3.63) is 47.7 Å². The Kier molecular flexibility index (Phi) is 4.26. The highest BCUT2D eigenvalue weighted by Crippen LogP contribution is 2.29. The second-order valence-electron chi connectivity index (χ2n) is 5.91. The number of Topliss-reactive ketones (excluding diaryl/α,β-unsaturated/α-hetero) is 2. The number of hydrogen-bond donors (Lipinski definition) is 0. The van der Waals surface area contributed by atoms with Crippen LogP contribution in [-0.2, 0) is 15.8 Å². The number of aliphatic imine (C=N–C) groups is 1. The van der Waals surface area contributed by atoms with E-state index >= 15 is 0 Å². The maximum atomic E-state index is 12.6. The summed E-state index contributed by atoms with van der Waals surface area (Å²) in [7, 11) is 0. The van der Waals surface area contributed by atoms with Crippen molar-refractivity contribution in [1.82, 2.24) is 4.90 Å². The van der Waals surface area contributed by atoms with Crippen molar-refractivity contribution in [3.8, 4) is 0 Å². The van der Waals surface area contributed by atoms with Gasteiger partial charge in [-0.05, 0) is 23.8 Å². The summed E-state index contributed by atoms with van der Waals surface area (Å²) in [6.45, 7) is 0.276. The van der Waals surface area contributed by atoms with Gasteiger partial charge in [0, 0.05) is 25.1 Å². The molecule has 1 aliphatic carbocycles. The molecule has 24 heavy (non-hydrogen) atoms. The summed E-state index contributed by atoms with van der Waals surface area (Å²) in [6, 6.07) is 4.63. The Morgan fingerprint density at radius 1 is 1.04 bits per heavy atom. The maximum Gasteiger partial charge on any atom is 0.416 e. The van der Waals surface area contributed by atoms with Crippen LogP contribution < -0.4 is 0 Å². The smallest absolute Gasteiger partial charge is 0.354 e. The van der Waals surface area contributed by atoms with Gasteiger partial charge in [-0.3, -0.25) is 14.6 Å². The molecule has 0 spiro atoms. The molecule has 1 fully saturated rings. The zero-order valence-corrected chi connectivity index (χ0v) is 12.7. The summed E-state index contributed by atoms with van der Waals surface area (Å²) in [5, 5.41) is 0. The van der Waals surface area contributed by atoms with Crippen LogP contribution in [0, 0.1) is 0 Å². The van der Waals surface area contributed by atoms with Crippen molar-refractivity contribution in [2.24, 2.45) is 4.99 Å². The normalized spacial score (nSPS) is 19.6. The van der Waals surface area contributed by atoms with E-state index in [1.165, 1.54) is 12.1 Å². The molecule has 0 radical (unpaired) electrons. The lowest BCUT2D eigenvalue weighted by molar-refractivity contribution is -0.137. The average molecular weight is 336 g/mol. The van der Waals surface area contributed by atoms with Crippen LogP contribution in [0.25, 0.3) is 0 Å². The third kappa shape index (κ3) is 3.55. The molecule has 3 rings (SSSR count). The highest BCUT2D eigenvalue weighted by molar-refractivity contribution is 6.09. The van der Waals surface area contributed by atoms with Gasteiger partial charge in [0.2, 0.25) is 0 Å². The van der Waals surface area contributed by atoms with E-state index < -0.39 is 11.7 Å². The van der Waals surface area contributed by atoms with E-state index in [0.29, 0.717) is 24.1 Å². The Morgan fingerprint density at radius 3 is 2.17 bits per heavy atom. The largest absolute Gasteiger partial charge is 0.416 e. The molecule has 1 aliphatic heterocycles. The quantitative estimate of drug-likeness (QED) is 0.780. The Balaban J connectivity index is 1.69. The van der Waals surface area contributed by atoms with Crippen molar-refractivity contribution < 1.29 is 22.8 Å². The van der Waals surface area contributed by atoms with Gasteiger partial charge < -0.3 is 4.90 Å². The number of nitrogens with zero attached hydrogens (tertiary/aromatic N) is 2. The van der Waals surface area contributed by atoms with Gasteiger partial charge in [0.15, 0.2) is 0 Å². The van der Waals surface area contributed by atoms with Crippen LogP contribution in [0.4, 0.5) is 13.2 Å². The van der Waals surface area contributed by atoms with Crippen molar-refractivity contribution in [1.29, 1.82) is 0 Å². The molecule has 1 aromatic rings. The SMILES string of the molecule is O=C1CC(=O)CC(N2C=CC(c3ccc(C(F)(F)F)cc3)=NC2)C1. The monoisotopic (exact) mass is 336 g/mol. The van der Waals surface area contributed by atoms with Gasteiger partial charge >= 0.3 is 6.18 Å². The maximum absolute atomic E-state index is 12.6. The molecule has 0 unspecified atom stereocenters. The number of ketones is 2. The lowest BCUT2D eigenvalue weighted by Crippen LogP contribution is -2.40. The van der Waals surface area contributed by atoms with Crippen molar-refractivity contribution in [3.63, 3.8) is 0 Å². The minimum absolute atomic E-state index is 0.00806. The Hall–Kier alpha value is -2.44. The summed E-state index contributed by atoms with van der Waals surface area (Å²) in [5.41, 5.74) is 0.468. The second kappa shape index (κ2) is 6.22. The molecule has 0 aromatic heterocycles. The van der Waals surface area contributed by atoms with Gasteiger partial charge in [-0.25, -0.2) is 0 Å². The Labute approximate surface area is 136 Å². The Morgan fingerprint density at radius 2 is 1.67 bits per heavy atom. The molecule has 2 aliphatic rings. The molecule has 7 heteroatoms. The van der Waals surface area contributed by atoms with Crippen molar-refractivity contribution in [2.45, 2.75) is 31.5 Å². The van der Waals surface area contributed by atoms with Crippen LogP contribution in [0.5, 0.6) is 0 Å². The van der Waals surface area contributed by atoms with Gasteiger partial charge in [0.1, 0.15) is 18.2 Å². The fourth-order valence-electron chi connectivity index (χ4n) is 2.88. The Bertz CT molecular complexity index is 704. The zero-order chi connectivity index (χ0) is 17.3. The van der Waals surface area contributed by atoms with Gasteiger partial charge in [-0.1, -0.05) is 12.1 Å². The summed E-state index contributed by atoms with van der Waals surface area (Å²) >= 11 is 0. The number of carbonyl (C=O) groups is 2. The molecule has 1 saturated carbocycles. The molecular weight excluding hydrogens is 321 g/mol. The number of carbonyl (C=O) groups excluding carboxylic acids is 2. The van der Waals surface area contributed by atoms with E-state index in [2.05, 4.69) is 4.99 Å². The highest BCUT2D eigenvalue weighted by atomic mass is 19.4. The molecule has 126 valence electrons. The van der Waals surface area contributed by atoms with Gasteiger partial charge in [0.05, 0.1) is 17.7 Å². The van der Waals surface area contributed by atoms with Crippen molar-refractivity contribution >= 4 is 17.3 Å². The number of hydrogen-bond acceptors (Lipinski definition) is 4. The number of alkyl halides is 3. The standard InChI is InChI=1S/C17H15F3N2O2/c18-17(19,20)12-3-1-11(2-4-12)16-5-6-22(10-21-16)13-7-14(23)9-15(24)8-13/h1-6,13H,7-10H2. The van der Waals surface area contributed by atoms with E-state index in [-0.39, 0.29) is 30.7 Å². The van der Waals surface area contributed by atoms with Gasteiger partial charge in [-0.15, -0.1) is 0 Å². The minimum atomic E-state index is -4.36. The highest BCUT2D eigenvalue weighted by Gasteiger charge is 2.31. The van der Waals surface area contributed by atoms with Crippen LogP contribution in [0.3, 0.4) is 0 Å². The molecule has 1 aromatic carbocycles. The molecule has 0 saturated heterocycles. The summed E-state index contributed by atoms with van der Waals surface area (Å²) in [4.78, 5) is 29.2. The first kappa shape index (κ1) is 16.4. The lowest BCUT2D eigenvalue weighted by Gasteiger charge is -2.32. The number of rotatable bonds is 2. The molecule has 4 nitrogen and oxygen atoms in total. The summed E-state index contributed by atoms with van der Waals surface area (Å²) < 4.78 is 37.7. The topological polar surface area (TPSA) is 49.7 Å². The van der Waals surface area contributed by atoms with Crippen LogP contribution in [-0.4, -0.2) is 34.9 Å². The second-order valence-corrected chi connectivity index (χ2v) is 5.91. The van der Waals surface area contributed by atoms with Crippen LogP contribution >= 0.6 is 0 Å². The summed E-state index contributed by atoms with van der Waals surface area (Å²) in [6.07, 6.45) is -0.275. The molecule has 1 heterocycles. The minimum Gasteiger partial charge on any atom is -0.354 e. The molecular formula is C17H15F3N2O2. The van der Waals surface area contributed by atoms with Crippen molar-refractivity contribution in [2.75, 3.05) is 6.67 Å². The van der Waals surface area contributed by atoms with E-state index in [0.717, 1.165) is 12.1 Å². The molecule has 0 N–H and O–H groups in total. The van der Waals surface area contributed by atoms with E-state index in [1.54, 1.807) is 12.3 Å². The number of benzene rings is 1. The predicted molar refractivity (Wildman–Crippen MR) is 81.5 cm³/mol. The third-order valence-corrected chi connectivity index (χ3v) is 4.13. The van der Waals surface area contributed by atoms with E-state index in [4.69, 9.17) is 0 Å². The number of halogens is 3. The fourth-order valence-corrected chi connectivity index (χ4v) is 2.88. The number of allylic oxidation sites excluding steroid dienone is 1. The lowest BCUT2D eigenvalue weighted by atomic mass is 9.92. The first-order chi connectivity index (χ1) is 11.3. The van der Waals surface area contributed by atoms with Crippen LogP contribution in [0.15, 0.2) is 41.5 Å².